The van der Waals surface area contributed by atoms with Gasteiger partial charge < -0.3 is 4.74 Å². The van der Waals surface area contributed by atoms with Crippen molar-refractivity contribution in [1.82, 2.24) is 0 Å². The number of carbonyl (C=O) groups excluding carboxylic acids is 1. The Morgan fingerprint density at radius 3 is 1.55 bits per heavy atom. The van der Waals surface area contributed by atoms with E-state index in [-0.39, 0.29) is 12.0 Å². The summed E-state index contributed by atoms with van der Waals surface area (Å²) in [6.45, 7) is -0.158. The second-order valence-corrected chi connectivity index (χ2v) is 16.1. The average molecular weight is 588 g/mol. The van der Waals surface area contributed by atoms with Gasteiger partial charge in [0, 0.05) is 5.41 Å². The molecule has 4 bridgehead atoms. The Labute approximate surface area is 235 Å². The van der Waals surface area contributed by atoms with Crippen molar-refractivity contribution in [3.63, 3.8) is 0 Å². The van der Waals surface area contributed by atoms with E-state index >= 15 is 8.78 Å². The van der Waals surface area contributed by atoms with E-state index in [1.165, 1.54) is 0 Å². The van der Waals surface area contributed by atoms with Crippen molar-refractivity contribution >= 4 is 26.4 Å². The molecule has 212 valence electrons. The molecule has 7 rings (SSSR count). The van der Waals surface area contributed by atoms with Crippen LogP contribution in [0.3, 0.4) is 0 Å². The minimum absolute atomic E-state index is 0.158. The first-order valence-electron chi connectivity index (χ1n) is 13.6. The lowest BCUT2D eigenvalue weighted by molar-refractivity contribution is -0.172. The summed E-state index contributed by atoms with van der Waals surface area (Å²) in [5.41, 5.74) is -0.315. The van der Waals surface area contributed by atoms with Gasteiger partial charge in [0.2, 0.25) is 0 Å². The monoisotopic (exact) mass is 587 g/mol. The molecule has 4 saturated carbocycles. The molecule has 4 aliphatic carbocycles. The first-order chi connectivity index (χ1) is 19.1. The Hall–Kier alpha value is -2.75. The zero-order valence-corrected chi connectivity index (χ0v) is 23.6. The summed E-state index contributed by atoms with van der Waals surface area (Å²) in [4.78, 5) is 14.2. The molecule has 0 radical (unpaired) electrons. The number of rotatable bonds is 8. The number of alkyl halides is 2. The maximum absolute atomic E-state index is 15.7. The highest BCUT2D eigenvalue weighted by atomic mass is 32.3. The third kappa shape index (κ3) is 4.76. The summed E-state index contributed by atoms with van der Waals surface area (Å²) in [5, 5.41) is -4.79. The van der Waals surface area contributed by atoms with E-state index in [0.717, 1.165) is 38.5 Å². The predicted octanol–water partition coefficient (Wildman–Crippen LogP) is 7.87. The SMILES string of the molecule is O=C(OCC12CC3CC(CC(C3)C1)C2)C(F)(F)S(=O)(O)=[O+]S(c1ccccc1)(c1ccccc1)c1ccccc1. The minimum atomic E-state index is -5.56. The molecule has 0 saturated heterocycles. The van der Waals surface area contributed by atoms with Crippen molar-refractivity contribution in [3.8, 4) is 0 Å². The van der Waals surface area contributed by atoms with Gasteiger partial charge in [0.05, 0.1) is 21.3 Å². The molecule has 4 aliphatic rings. The Morgan fingerprint density at radius 1 is 0.800 bits per heavy atom. The van der Waals surface area contributed by atoms with Gasteiger partial charge in [-0.3, -0.25) is 0 Å². The second-order valence-electron chi connectivity index (χ2n) is 11.5. The quantitative estimate of drug-likeness (QED) is 0.165. The van der Waals surface area contributed by atoms with Gasteiger partial charge in [-0.25, -0.2) is 9.35 Å². The number of halogens is 2. The summed E-state index contributed by atoms with van der Waals surface area (Å²) < 4.78 is 67.0. The second kappa shape index (κ2) is 10.3. The number of carbonyl (C=O) groups is 1. The van der Waals surface area contributed by atoms with Crippen molar-refractivity contribution in [2.75, 3.05) is 6.61 Å². The highest BCUT2D eigenvalue weighted by Gasteiger charge is 2.64. The van der Waals surface area contributed by atoms with E-state index in [0.29, 0.717) is 32.4 Å². The van der Waals surface area contributed by atoms with Gasteiger partial charge in [0.15, 0.2) is 10.3 Å². The number of benzene rings is 3. The Balaban J connectivity index is 1.39. The zero-order chi connectivity index (χ0) is 28.0. The van der Waals surface area contributed by atoms with Crippen molar-refractivity contribution in [2.24, 2.45) is 23.2 Å². The van der Waals surface area contributed by atoms with Crippen LogP contribution >= 0.6 is 10.3 Å². The molecule has 0 heterocycles. The smallest absolute Gasteiger partial charge is 0.460 e. The first kappa shape index (κ1) is 27.4. The van der Waals surface area contributed by atoms with Crippen LogP contribution in [0.1, 0.15) is 38.5 Å². The Kier molecular flexibility index (Phi) is 7.04. The molecule has 0 aliphatic heterocycles. The van der Waals surface area contributed by atoms with E-state index < -0.39 is 31.7 Å². The van der Waals surface area contributed by atoms with Crippen LogP contribution in [0.25, 0.3) is 0 Å². The van der Waals surface area contributed by atoms with Gasteiger partial charge in [0.25, 0.3) is 0 Å². The standard InChI is InChI=1S/C31H32F2O5S2/c32-31(33,29(34)37-22-30-19-23-16-24(20-30)18-25(17-23)21-30)40(35,36)38-39(26-10-4-1-5-11-26,27-12-6-2-7-13-27)28-14-8-3-9-15-28/h1-15,23-25H,16-22H2/p+1. The molecule has 3 aromatic rings. The van der Waals surface area contributed by atoms with E-state index in [2.05, 4.69) is 0 Å². The van der Waals surface area contributed by atoms with E-state index in [9.17, 15) is 13.6 Å². The first-order valence-corrected chi connectivity index (χ1v) is 16.6. The van der Waals surface area contributed by atoms with E-state index in [4.69, 9.17) is 8.02 Å². The molecule has 4 fully saturated rings. The van der Waals surface area contributed by atoms with Gasteiger partial charge in [-0.2, -0.15) is 8.78 Å². The van der Waals surface area contributed by atoms with Gasteiger partial charge in [0.1, 0.15) is 0 Å². The molecule has 3 aromatic carbocycles. The van der Waals surface area contributed by atoms with Crippen molar-refractivity contribution in [1.29, 1.82) is 0 Å². The van der Waals surface area contributed by atoms with Crippen molar-refractivity contribution in [3.05, 3.63) is 91.0 Å². The molecule has 40 heavy (non-hydrogen) atoms. The van der Waals surface area contributed by atoms with Gasteiger partial charge in [-0.05, 0) is 92.7 Å². The third-order valence-electron chi connectivity index (χ3n) is 8.66. The normalized spacial score (nSPS) is 27.5. The third-order valence-corrected chi connectivity index (χ3v) is 13.8. The molecule has 0 aromatic heterocycles. The lowest BCUT2D eigenvalue weighted by Gasteiger charge is -2.56. The van der Waals surface area contributed by atoms with Crippen LogP contribution in [0.15, 0.2) is 106 Å². The molecule has 1 unspecified atom stereocenters. The molecule has 1 N–H and O–H groups in total. The molecule has 0 spiro atoms. The molecule has 1 atom stereocenters. The van der Waals surface area contributed by atoms with Gasteiger partial charge >= 0.3 is 21.3 Å². The summed E-state index contributed by atoms with van der Waals surface area (Å²) in [6.07, 6.45) is 6.03. The number of esters is 1. The number of ether oxygens (including phenoxy) is 1. The topological polar surface area (TPSA) is 74.9 Å². The molecule has 5 nitrogen and oxygen atoms in total. The van der Waals surface area contributed by atoms with Gasteiger partial charge in [-0.15, -0.1) is 7.49 Å². The van der Waals surface area contributed by atoms with E-state index in [1.807, 2.05) is 0 Å². The Bertz CT molecular complexity index is 1360. The largest absolute Gasteiger partial charge is 0.517 e. The zero-order valence-electron chi connectivity index (χ0n) is 22.0. The van der Waals surface area contributed by atoms with E-state index in [1.54, 1.807) is 91.0 Å². The maximum Gasteiger partial charge on any atom is 0.517 e. The summed E-state index contributed by atoms with van der Waals surface area (Å²) in [7, 11) is -8.73. The average Bonchev–Trinajstić information content (AvgIpc) is 2.95. The molecule has 9 heteroatoms. The van der Waals surface area contributed by atoms with Crippen LogP contribution in [0.5, 0.6) is 0 Å². The lowest BCUT2D eigenvalue weighted by atomic mass is 9.50. The molecular formula is C31H33F2O5S2+. The summed E-state index contributed by atoms with van der Waals surface area (Å²) >= 11 is 0. The van der Waals surface area contributed by atoms with Crippen LogP contribution in [0, 0.1) is 23.2 Å². The fourth-order valence-electron chi connectivity index (χ4n) is 7.42. The van der Waals surface area contributed by atoms with Crippen LogP contribution in [-0.4, -0.2) is 26.6 Å². The van der Waals surface area contributed by atoms with Crippen molar-refractivity contribution < 1.29 is 30.4 Å². The summed E-state index contributed by atoms with van der Waals surface area (Å²) in [5.74, 6) is -0.383. The Morgan fingerprint density at radius 2 is 1.18 bits per heavy atom. The highest BCUT2D eigenvalue weighted by Crippen LogP contribution is 2.68. The van der Waals surface area contributed by atoms with Crippen LogP contribution < -0.4 is 0 Å². The highest BCUT2D eigenvalue weighted by molar-refractivity contribution is 8.30. The summed E-state index contributed by atoms with van der Waals surface area (Å²) in [6, 6.07) is 25.6. The van der Waals surface area contributed by atoms with Crippen molar-refractivity contribution in [2.45, 2.75) is 58.5 Å². The minimum Gasteiger partial charge on any atom is -0.460 e. The predicted molar refractivity (Wildman–Crippen MR) is 150 cm³/mol. The fourth-order valence-corrected chi connectivity index (χ4v) is 12.5. The molecule has 0 amide bonds. The lowest BCUT2D eigenvalue weighted by Crippen LogP contribution is -2.49. The van der Waals surface area contributed by atoms with Crippen LogP contribution in [-0.2, 0) is 22.9 Å². The van der Waals surface area contributed by atoms with Crippen LogP contribution in [0.2, 0.25) is 0 Å². The van der Waals surface area contributed by atoms with Gasteiger partial charge in [-0.1, -0.05) is 54.6 Å². The van der Waals surface area contributed by atoms with Crippen LogP contribution in [0.4, 0.5) is 8.78 Å². The molecular weight excluding hydrogens is 554 g/mol. The maximum atomic E-state index is 15.7. The number of hydrogen-bond donors (Lipinski definition) is 1. The number of hydrogen-bond acceptors (Lipinski definition) is 3. The fraction of sp³-hybridized carbons (Fsp3) is 0.387.